The largest absolute Gasteiger partial charge is 0.493 e. The molecule has 0 aliphatic carbocycles. The fourth-order valence-corrected chi connectivity index (χ4v) is 4.46. The van der Waals surface area contributed by atoms with Gasteiger partial charge in [0.25, 0.3) is 0 Å². The SMILES string of the molecule is COc1cc(/C=C\C(=O)N2CCN(c3ncnc4c3nnn4-c3ccc(Cl)cc3)CC2)cc(OC)c1OC. The Morgan fingerprint density at radius 3 is 2.26 bits per heavy atom. The number of ether oxygens (including phenoxy) is 3. The Bertz CT molecular complexity index is 1460. The van der Waals surface area contributed by atoms with E-state index in [1.165, 1.54) is 6.33 Å². The van der Waals surface area contributed by atoms with Crippen LogP contribution < -0.4 is 19.1 Å². The van der Waals surface area contributed by atoms with Crippen LogP contribution in [0.3, 0.4) is 0 Å². The number of hydrogen-bond donors (Lipinski definition) is 0. The van der Waals surface area contributed by atoms with E-state index in [-0.39, 0.29) is 5.91 Å². The van der Waals surface area contributed by atoms with Crippen molar-refractivity contribution in [3.8, 4) is 22.9 Å². The van der Waals surface area contributed by atoms with Crippen molar-refractivity contribution in [2.75, 3.05) is 52.4 Å². The van der Waals surface area contributed by atoms with Crippen molar-refractivity contribution in [1.82, 2.24) is 29.9 Å². The van der Waals surface area contributed by atoms with Crippen LogP contribution in [0.2, 0.25) is 5.02 Å². The van der Waals surface area contributed by atoms with Crippen LogP contribution in [0.1, 0.15) is 5.56 Å². The molecule has 2 aromatic heterocycles. The number of aromatic nitrogens is 5. The lowest BCUT2D eigenvalue weighted by Crippen LogP contribution is -2.48. The Morgan fingerprint density at radius 1 is 0.947 bits per heavy atom. The van der Waals surface area contributed by atoms with Crippen molar-refractivity contribution in [1.29, 1.82) is 0 Å². The zero-order chi connectivity index (χ0) is 26.6. The predicted octanol–water partition coefficient (Wildman–Crippen LogP) is 3.25. The minimum atomic E-state index is -0.0834. The second-order valence-electron chi connectivity index (χ2n) is 8.45. The molecule has 5 rings (SSSR count). The third kappa shape index (κ3) is 4.92. The fraction of sp³-hybridized carbons (Fsp3) is 0.269. The van der Waals surface area contributed by atoms with Crippen LogP contribution in [-0.4, -0.2) is 83.3 Å². The number of carbonyl (C=O) groups is 1. The van der Waals surface area contributed by atoms with Gasteiger partial charge in [0.1, 0.15) is 6.33 Å². The summed E-state index contributed by atoms with van der Waals surface area (Å²) in [5.74, 6) is 2.16. The van der Waals surface area contributed by atoms with E-state index in [9.17, 15) is 4.79 Å². The van der Waals surface area contributed by atoms with Crippen molar-refractivity contribution < 1.29 is 19.0 Å². The Hall–Kier alpha value is -4.38. The first kappa shape index (κ1) is 25.3. The molecule has 3 heterocycles. The van der Waals surface area contributed by atoms with Gasteiger partial charge in [0.2, 0.25) is 11.7 Å². The summed E-state index contributed by atoms with van der Waals surface area (Å²) in [6.07, 6.45) is 4.80. The molecule has 2 aromatic carbocycles. The van der Waals surface area contributed by atoms with E-state index in [0.717, 1.165) is 11.3 Å². The molecule has 11 nitrogen and oxygen atoms in total. The van der Waals surface area contributed by atoms with Crippen LogP contribution in [0.5, 0.6) is 17.2 Å². The number of halogens is 1. The Morgan fingerprint density at radius 2 is 1.63 bits per heavy atom. The number of carbonyl (C=O) groups excluding carboxylic acids is 1. The van der Waals surface area contributed by atoms with Crippen molar-refractivity contribution in [2.24, 2.45) is 0 Å². The molecule has 0 saturated carbocycles. The van der Waals surface area contributed by atoms with E-state index in [4.69, 9.17) is 25.8 Å². The highest BCUT2D eigenvalue weighted by Crippen LogP contribution is 2.38. The number of anilines is 1. The first-order valence-electron chi connectivity index (χ1n) is 11.9. The number of methoxy groups -OCH3 is 3. The molecule has 0 spiro atoms. The highest BCUT2D eigenvalue weighted by molar-refractivity contribution is 6.30. The molecular weight excluding hydrogens is 510 g/mol. The standard InChI is InChI=1S/C26H26ClN7O4/c1-36-20-14-17(15-21(37-2)24(20)38-3)4-9-22(35)32-10-12-33(13-11-32)25-23-26(29-16-28-25)34(31-30-23)19-7-5-18(27)6-8-19/h4-9,14-16H,10-13H2,1-3H3/b9-4-. The Balaban J connectivity index is 1.28. The van der Waals surface area contributed by atoms with Gasteiger partial charge < -0.3 is 24.0 Å². The summed E-state index contributed by atoms with van der Waals surface area (Å²) in [4.78, 5) is 25.7. The molecule has 0 radical (unpaired) electrons. The molecule has 4 aromatic rings. The second kappa shape index (κ2) is 10.9. The zero-order valence-electron chi connectivity index (χ0n) is 21.2. The smallest absolute Gasteiger partial charge is 0.246 e. The lowest BCUT2D eigenvalue weighted by Gasteiger charge is -2.34. The van der Waals surface area contributed by atoms with E-state index >= 15 is 0 Å². The second-order valence-corrected chi connectivity index (χ2v) is 8.89. The van der Waals surface area contributed by atoms with E-state index in [1.54, 1.807) is 67.3 Å². The summed E-state index contributed by atoms with van der Waals surface area (Å²) in [5.41, 5.74) is 2.77. The van der Waals surface area contributed by atoms with Gasteiger partial charge in [-0.3, -0.25) is 4.79 Å². The van der Waals surface area contributed by atoms with E-state index in [2.05, 4.69) is 25.2 Å². The van der Waals surface area contributed by atoms with Crippen LogP contribution in [0.25, 0.3) is 22.9 Å². The molecule has 0 bridgehead atoms. The highest BCUT2D eigenvalue weighted by Gasteiger charge is 2.24. The number of piperazine rings is 1. The van der Waals surface area contributed by atoms with Crippen LogP contribution in [-0.2, 0) is 4.79 Å². The van der Waals surface area contributed by atoms with Crippen LogP contribution >= 0.6 is 11.6 Å². The average Bonchev–Trinajstić information content (AvgIpc) is 3.40. The highest BCUT2D eigenvalue weighted by atomic mass is 35.5. The third-order valence-electron chi connectivity index (χ3n) is 6.29. The molecule has 1 aliphatic rings. The van der Waals surface area contributed by atoms with Gasteiger partial charge in [0.15, 0.2) is 28.5 Å². The lowest BCUT2D eigenvalue weighted by molar-refractivity contribution is -0.126. The van der Waals surface area contributed by atoms with Crippen molar-refractivity contribution >= 4 is 40.6 Å². The van der Waals surface area contributed by atoms with E-state index < -0.39 is 0 Å². The number of amides is 1. The molecule has 1 amide bonds. The van der Waals surface area contributed by atoms with Crippen LogP contribution in [0, 0.1) is 0 Å². The van der Waals surface area contributed by atoms with E-state index in [0.29, 0.717) is 65.4 Å². The van der Waals surface area contributed by atoms with Gasteiger partial charge in [0, 0.05) is 37.3 Å². The predicted molar refractivity (Wildman–Crippen MR) is 143 cm³/mol. The normalized spacial score (nSPS) is 13.8. The molecular formula is C26H26ClN7O4. The third-order valence-corrected chi connectivity index (χ3v) is 6.54. The number of nitrogens with zero attached hydrogens (tertiary/aromatic N) is 7. The van der Waals surface area contributed by atoms with Gasteiger partial charge in [-0.2, -0.15) is 4.68 Å². The summed E-state index contributed by atoms with van der Waals surface area (Å²) in [6.45, 7) is 2.28. The number of hydrogen-bond acceptors (Lipinski definition) is 9. The lowest BCUT2D eigenvalue weighted by atomic mass is 10.1. The summed E-state index contributed by atoms with van der Waals surface area (Å²) >= 11 is 6.01. The van der Waals surface area contributed by atoms with Gasteiger partial charge >= 0.3 is 0 Å². The molecule has 1 saturated heterocycles. The minimum Gasteiger partial charge on any atom is -0.493 e. The Kier molecular flexibility index (Phi) is 7.27. The van der Waals surface area contributed by atoms with E-state index in [1.807, 2.05) is 12.1 Å². The molecule has 1 aliphatic heterocycles. The molecule has 0 atom stereocenters. The van der Waals surface area contributed by atoms with Crippen LogP contribution in [0.4, 0.5) is 5.82 Å². The quantitative estimate of drug-likeness (QED) is 0.329. The summed E-state index contributed by atoms with van der Waals surface area (Å²) in [6, 6.07) is 10.9. The maximum Gasteiger partial charge on any atom is 0.246 e. The van der Waals surface area contributed by atoms with Gasteiger partial charge in [-0.15, -0.1) is 5.10 Å². The summed E-state index contributed by atoms with van der Waals surface area (Å²) in [7, 11) is 4.66. The topological polar surface area (TPSA) is 108 Å². The van der Waals surface area contributed by atoms with Crippen molar-refractivity contribution in [3.05, 3.63) is 59.4 Å². The first-order chi connectivity index (χ1) is 18.5. The molecule has 12 heteroatoms. The first-order valence-corrected chi connectivity index (χ1v) is 12.2. The van der Waals surface area contributed by atoms with Crippen LogP contribution in [0.15, 0.2) is 48.8 Å². The van der Waals surface area contributed by atoms with Gasteiger partial charge in [-0.05, 0) is 48.0 Å². The molecule has 0 unspecified atom stereocenters. The monoisotopic (exact) mass is 535 g/mol. The van der Waals surface area contributed by atoms with Crippen molar-refractivity contribution in [2.45, 2.75) is 0 Å². The summed E-state index contributed by atoms with van der Waals surface area (Å²) < 4.78 is 17.8. The number of benzene rings is 2. The van der Waals surface area contributed by atoms with Gasteiger partial charge in [0.05, 0.1) is 27.0 Å². The average molecular weight is 536 g/mol. The van der Waals surface area contributed by atoms with Crippen molar-refractivity contribution in [3.63, 3.8) is 0 Å². The maximum absolute atomic E-state index is 12.9. The molecule has 196 valence electrons. The molecule has 1 fully saturated rings. The maximum atomic E-state index is 12.9. The molecule has 38 heavy (non-hydrogen) atoms. The molecule has 0 N–H and O–H groups in total. The van der Waals surface area contributed by atoms with Gasteiger partial charge in [-0.1, -0.05) is 16.8 Å². The van der Waals surface area contributed by atoms with Gasteiger partial charge in [-0.25, -0.2) is 9.97 Å². The fourth-order valence-electron chi connectivity index (χ4n) is 4.33. The Labute approximate surface area is 224 Å². The number of rotatable bonds is 7. The minimum absolute atomic E-state index is 0.0834. The number of fused-ring (bicyclic) bond motifs is 1. The zero-order valence-corrected chi connectivity index (χ0v) is 21.9. The summed E-state index contributed by atoms with van der Waals surface area (Å²) in [5, 5.41) is 9.26.